The molecular formula is C25H38O3SSi. The lowest BCUT2D eigenvalue weighted by Crippen LogP contribution is -2.43. The molecule has 0 aliphatic heterocycles. The van der Waals surface area contributed by atoms with Crippen LogP contribution in [0.1, 0.15) is 83.0 Å². The number of furan rings is 1. The van der Waals surface area contributed by atoms with Crippen molar-refractivity contribution >= 4 is 31.0 Å². The Hall–Kier alpha value is -1.46. The molecule has 0 radical (unpaired) electrons. The first-order valence-corrected chi connectivity index (χ1v) is 15.0. The molecule has 2 aromatic rings. The van der Waals surface area contributed by atoms with Crippen LogP contribution in [-0.4, -0.2) is 24.3 Å². The van der Waals surface area contributed by atoms with E-state index in [0.717, 1.165) is 28.3 Å². The Morgan fingerprint density at radius 1 is 1.03 bits per heavy atom. The van der Waals surface area contributed by atoms with Gasteiger partial charge < -0.3 is 9.52 Å². The van der Waals surface area contributed by atoms with E-state index in [-0.39, 0.29) is 16.6 Å². The maximum absolute atomic E-state index is 12.2. The molecule has 166 valence electrons. The predicted molar refractivity (Wildman–Crippen MR) is 131 cm³/mol. The van der Waals surface area contributed by atoms with Gasteiger partial charge in [0.2, 0.25) is 0 Å². The van der Waals surface area contributed by atoms with E-state index in [4.69, 9.17) is 4.42 Å². The molecule has 0 saturated heterocycles. The number of aromatic hydroxyl groups is 1. The maximum Gasteiger partial charge on any atom is 0.197 e. The van der Waals surface area contributed by atoms with Crippen molar-refractivity contribution in [2.24, 2.45) is 0 Å². The van der Waals surface area contributed by atoms with Crippen molar-refractivity contribution in [2.75, 3.05) is 5.38 Å². The number of thioether (sulfide) groups is 1. The summed E-state index contributed by atoms with van der Waals surface area (Å²) in [6, 6.07) is 8.10. The smallest absolute Gasteiger partial charge is 0.197 e. The standard InChI is InChI=1S/C25H38O3SSi/c1-10-11-20(26)21-12-13-22(28-21)30(8,9)16-29-17-14-18(24(2,3)4)23(27)19(15-17)25(5,6)7/h12-15,27H,10-11,16H2,1-9H3. The Morgan fingerprint density at radius 3 is 2.03 bits per heavy atom. The second-order valence-electron chi connectivity index (χ2n) is 10.9. The molecule has 1 heterocycles. The molecule has 0 fully saturated rings. The number of phenols is 1. The number of Topliss-reactive ketones (excluding diaryl/α,β-unsaturated/α-hetero) is 1. The minimum Gasteiger partial charge on any atom is -0.507 e. The van der Waals surface area contributed by atoms with Gasteiger partial charge in [-0.2, -0.15) is 0 Å². The van der Waals surface area contributed by atoms with Crippen LogP contribution in [0.3, 0.4) is 0 Å². The fourth-order valence-electron chi connectivity index (χ4n) is 3.37. The van der Waals surface area contributed by atoms with Crippen molar-refractivity contribution in [1.82, 2.24) is 0 Å². The zero-order valence-corrected chi connectivity index (χ0v) is 21.9. The van der Waals surface area contributed by atoms with E-state index in [0.29, 0.717) is 17.9 Å². The summed E-state index contributed by atoms with van der Waals surface area (Å²) in [5.41, 5.74) is 1.71. The third-order valence-corrected chi connectivity index (χ3v) is 11.0. The zero-order chi connectivity index (χ0) is 22.9. The number of phenolic OH excluding ortho intramolecular Hbond substituents is 1. The molecule has 2 rings (SSSR count). The normalized spacial score (nSPS) is 13.0. The van der Waals surface area contributed by atoms with Gasteiger partial charge in [-0.1, -0.05) is 61.6 Å². The van der Waals surface area contributed by atoms with Crippen LogP contribution in [0.5, 0.6) is 5.75 Å². The van der Waals surface area contributed by atoms with Gasteiger partial charge in [-0.3, -0.25) is 4.79 Å². The highest BCUT2D eigenvalue weighted by Gasteiger charge is 2.30. The number of carbonyl (C=O) groups is 1. The van der Waals surface area contributed by atoms with Crippen molar-refractivity contribution in [3.05, 3.63) is 41.2 Å². The van der Waals surface area contributed by atoms with Crippen LogP contribution in [0.25, 0.3) is 0 Å². The van der Waals surface area contributed by atoms with E-state index >= 15 is 0 Å². The summed E-state index contributed by atoms with van der Waals surface area (Å²) in [7, 11) is -1.87. The van der Waals surface area contributed by atoms with Crippen LogP contribution in [0, 0.1) is 0 Å². The first-order valence-electron chi connectivity index (χ1n) is 10.8. The average Bonchev–Trinajstić information content (AvgIpc) is 3.10. The highest BCUT2D eigenvalue weighted by atomic mass is 32.2. The molecule has 0 amide bonds. The predicted octanol–water partition coefficient (Wildman–Crippen LogP) is 6.81. The second-order valence-corrected chi connectivity index (χ2v) is 17.1. The van der Waals surface area contributed by atoms with Gasteiger partial charge in [0.25, 0.3) is 0 Å². The Morgan fingerprint density at radius 2 is 1.57 bits per heavy atom. The van der Waals surface area contributed by atoms with Gasteiger partial charge in [-0.25, -0.2) is 0 Å². The van der Waals surface area contributed by atoms with Gasteiger partial charge in [0, 0.05) is 27.8 Å². The van der Waals surface area contributed by atoms with E-state index in [1.165, 1.54) is 4.90 Å². The van der Waals surface area contributed by atoms with Crippen molar-refractivity contribution in [1.29, 1.82) is 0 Å². The van der Waals surface area contributed by atoms with Crippen LogP contribution >= 0.6 is 11.8 Å². The molecule has 0 saturated carbocycles. The zero-order valence-electron chi connectivity index (χ0n) is 20.1. The minimum atomic E-state index is -1.87. The molecule has 0 unspecified atom stereocenters. The van der Waals surface area contributed by atoms with Crippen molar-refractivity contribution in [2.45, 2.75) is 90.1 Å². The molecule has 0 bridgehead atoms. The monoisotopic (exact) mass is 446 g/mol. The Balaban J connectivity index is 2.31. The van der Waals surface area contributed by atoms with Crippen molar-refractivity contribution in [3.8, 4) is 5.75 Å². The van der Waals surface area contributed by atoms with Crippen LogP contribution in [-0.2, 0) is 10.8 Å². The van der Waals surface area contributed by atoms with Crippen LogP contribution < -0.4 is 5.38 Å². The minimum absolute atomic E-state index is 0.0874. The molecule has 0 aliphatic rings. The molecule has 5 heteroatoms. The lowest BCUT2D eigenvalue weighted by atomic mass is 9.79. The third-order valence-electron chi connectivity index (χ3n) is 5.32. The van der Waals surface area contributed by atoms with Gasteiger partial charge in [-0.15, -0.1) is 11.8 Å². The molecule has 1 aromatic carbocycles. The Labute approximate surface area is 187 Å². The number of hydrogen-bond acceptors (Lipinski definition) is 4. The fraction of sp³-hybridized carbons (Fsp3) is 0.560. The number of hydrogen-bond donors (Lipinski definition) is 1. The van der Waals surface area contributed by atoms with E-state index < -0.39 is 8.07 Å². The van der Waals surface area contributed by atoms with Crippen molar-refractivity contribution < 1.29 is 14.3 Å². The molecular weight excluding hydrogens is 408 g/mol. The average molecular weight is 447 g/mol. The number of carbonyl (C=O) groups excluding carboxylic acids is 1. The summed E-state index contributed by atoms with van der Waals surface area (Å²) in [5, 5.41) is 12.9. The topological polar surface area (TPSA) is 50.4 Å². The highest BCUT2D eigenvalue weighted by molar-refractivity contribution is 8.01. The maximum atomic E-state index is 12.2. The van der Waals surface area contributed by atoms with Gasteiger partial charge in [0.15, 0.2) is 11.5 Å². The number of ketones is 1. The molecule has 30 heavy (non-hydrogen) atoms. The largest absolute Gasteiger partial charge is 0.507 e. The number of rotatable bonds is 7. The fourth-order valence-corrected chi connectivity index (χ4v) is 7.37. The summed E-state index contributed by atoms with van der Waals surface area (Å²) in [6.45, 7) is 19.4. The Bertz CT molecular complexity index is 863. The van der Waals surface area contributed by atoms with Crippen LogP contribution in [0.2, 0.25) is 13.1 Å². The first kappa shape index (κ1) is 24.8. The first-order chi connectivity index (χ1) is 13.7. The molecule has 1 N–H and O–H groups in total. The SMILES string of the molecule is CCCC(=O)c1ccc([Si](C)(C)CSc2cc(C(C)(C)C)c(O)c(C(C)(C)C)c2)o1. The van der Waals surface area contributed by atoms with E-state index in [1.807, 2.05) is 30.8 Å². The summed E-state index contributed by atoms with van der Waals surface area (Å²) < 4.78 is 5.99. The quantitative estimate of drug-likeness (QED) is 0.288. The number of benzene rings is 1. The van der Waals surface area contributed by atoms with Crippen LogP contribution in [0.15, 0.2) is 33.6 Å². The van der Waals surface area contributed by atoms with E-state index in [1.54, 1.807) is 0 Å². The van der Waals surface area contributed by atoms with Gasteiger partial charge in [0.05, 0.1) is 5.38 Å². The summed E-state index contributed by atoms with van der Waals surface area (Å²) in [4.78, 5) is 13.3. The molecule has 0 spiro atoms. The van der Waals surface area contributed by atoms with Gasteiger partial charge in [-0.05, 0) is 41.5 Å². The molecule has 0 aliphatic carbocycles. The molecule has 3 nitrogen and oxygen atoms in total. The lowest BCUT2D eigenvalue weighted by Gasteiger charge is -2.28. The van der Waals surface area contributed by atoms with E-state index in [2.05, 4.69) is 66.8 Å². The van der Waals surface area contributed by atoms with Crippen molar-refractivity contribution in [3.63, 3.8) is 0 Å². The third kappa shape index (κ3) is 5.82. The van der Waals surface area contributed by atoms with Crippen LogP contribution in [0.4, 0.5) is 0 Å². The highest BCUT2D eigenvalue weighted by Crippen LogP contribution is 2.42. The lowest BCUT2D eigenvalue weighted by molar-refractivity contribution is 0.0956. The second kappa shape index (κ2) is 8.95. The van der Waals surface area contributed by atoms with E-state index in [9.17, 15) is 9.90 Å². The Kier molecular flexibility index (Phi) is 7.40. The summed E-state index contributed by atoms with van der Waals surface area (Å²) in [5.74, 6) is 0.998. The van der Waals surface area contributed by atoms with Gasteiger partial charge in [0.1, 0.15) is 13.8 Å². The molecule has 0 atom stereocenters. The van der Waals surface area contributed by atoms with Gasteiger partial charge >= 0.3 is 0 Å². The summed E-state index contributed by atoms with van der Waals surface area (Å²) in [6.07, 6.45) is 1.36. The summed E-state index contributed by atoms with van der Waals surface area (Å²) >= 11 is 1.83. The molecule has 1 aromatic heterocycles.